The molecule has 1 N–H and O–H groups in total. The van der Waals surface area contributed by atoms with Crippen LogP contribution in [0.1, 0.15) is 30.7 Å². The summed E-state index contributed by atoms with van der Waals surface area (Å²) in [6.07, 6.45) is 5.75. The zero-order valence-corrected chi connectivity index (χ0v) is 15.8. The summed E-state index contributed by atoms with van der Waals surface area (Å²) in [7, 11) is 0. The zero-order chi connectivity index (χ0) is 17.4. The lowest BCUT2D eigenvalue weighted by molar-refractivity contribution is 0.111. The minimum absolute atomic E-state index is 0.133. The van der Waals surface area contributed by atoms with E-state index in [0.717, 1.165) is 43.1 Å². The van der Waals surface area contributed by atoms with Crippen molar-refractivity contribution in [3.63, 3.8) is 0 Å². The minimum atomic E-state index is 0.133. The Labute approximate surface area is 153 Å². The fourth-order valence-electron chi connectivity index (χ4n) is 4.55. The van der Waals surface area contributed by atoms with Gasteiger partial charge in [-0.15, -0.1) is 11.8 Å². The molecule has 0 unspecified atom stereocenters. The molecule has 1 aromatic carbocycles. The zero-order valence-electron chi connectivity index (χ0n) is 15.0. The minimum Gasteiger partial charge on any atom is -0.441 e. The highest BCUT2D eigenvalue weighted by atomic mass is 32.2. The summed E-state index contributed by atoms with van der Waals surface area (Å²) >= 11 is 1.73. The molecule has 0 radical (unpaired) electrons. The van der Waals surface area contributed by atoms with Crippen LogP contribution in [0.5, 0.6) is 0 Å². The van der Waals surface area contributed by atoms with Crippen molar-refractivity contribution in [1.82, 2.24) is 9.88 Å². The number of likely N-dealkylation sites (tertiary alicyclic amines) is 1. The molecular weight excluding hydrogens is 332 g/mol. The van der Waals surface area contributed by atoms with Crippen molar-refractivity contribution in [1.29, 1.82) is 0 Å². The topological polar surface area (TPSA) is 49.5 Å². The van der Waals surface area contributed by atoms with Crippen molar-refractivity contribution in [2.45, 2.75) is 37.6 Å². The summed E-state index contributed by atoms with van der Waals surface area (Å²) in [5.41, 5.74) is 2.18. The number of hydrogen-bond acceptors (Lipinski definition) is 5. The second-order valence-corrected chi connectivity index (χ2v) is 8.41. The fourth-order valence-corrected chi connectivity index (χ4v) is 4.96. The molecule has 2 fully saturated rings. The van der Waals surface area contributed by atoms with E-state index in [0.29, 0.717) is 18.4 Å². The molecule has 1 saturated heterocycles. The average molecular weight is 359 g/mol. The number of nitrogens with zero attached hydrogens (tertiary/aromatic N) is 2. The van der Waals surface area contributed by atoms with Gasteiger partial charge < -0.3 is 9.52 Å². The molecule has 4 rings (SSSR count). The van der Waals surface area contributed by atoms with Crippen LogP contribution in [0.4, 0.5) is 0 Å². The number of aliphatic hydroxyl groups excluding tert-OH is 1. The Morgan fingerprint density at radius 2 is 2.16 bits per heavy atom. The molecule has 1 aliphatic heterocycles. The molecule has 134 valence electrons. The van der Waals surface area contributed by atoms with Crippen LogP contribution in [-0.4, -0.2) is 40.9 Å². The molecule has 0 spiro atoms. The van der Waals surface area contributed by atoms with Crippen molar-refractivity contribution in [2.75, 3.05) is 26.0 Å². The lowest BCUT2D eigenvalue weighted by atomic mass is 9.82. The largest absolute Gasteiger partial charge is 0.441 e. The molecule has 0 amide bonds. The fraction of sp³-hybridized carbons (Fsp3) is 0.550. The van der Waals surface area contributed by atoms with Crippen LogP contribution in [0.3, 0.4) is 0 Å². The van der Waals surface area contributed by atoms with Gasteiger partial charge >= 0.3 is 0 Å². The van der Waals surface area contributed by atoms with Gasteiger partial charge in [0.25, 0.3) is 0 Å². The van der Waals surface area contributed by atoms with Gasteiger partial charge in [0, 0.05) is 35.5 Å². The summed E-state index contributed by atoms with van der Waals surface area (Å²) in [6, 6.07) is 8.35. The van der Waals surface area contributed by atoms with Gasteiger partial charge in [0.2, 0.25) is 5.89 Å². The number of benzene rings is 1. The van der Waals surface area contributed by atoms with Crippen molar-refractivity contribution in [2.24, 2.45) is 11.3 Å². The predicted octanol–water partition coefficient (Wildman–Crippen LogP) is 3.97. The Morgan fingerprint density at radius 3 is 2.84 bits per heavy atom. The van der Waals surface area contributed by atoms with E-state index in [1.54, 1.807) is 11.8 Å². The molecule has 25 heavy (non-hydrogen) atoms. The average Bonchev–Trinajstić information content (AvgIpc) is 3.28. The number of aryl methyl sites for hydroxylation is 1. The first-order chi connectivity index (χ1) is 12.1. The van der Waals surface area contributed by atoms with Crippen LogP contribution in [0.15, 0.2) is 33.6 Å². The number of oxazole rings is 1. The van der Waals surface area contributed by atoms with Gasteiger partial charge in [-0.25, -0.2) is 4.98 Å². The summed E-state index contributed by atoms with van der Waals surface area (Å²) < 4.78 is 5.94. The number of hydrogen-bond donors (Lipinski definition) is 1. The van der Waals surface area contributed by atoms with Gasteiger partial charge in [-0.2, -0.15) is 0 Å². The maximum atomic E-state index is 9.90. The summed E-state index contributed by atoms with van der Waals surface area (Å²) in [4.78, 5) is 8.45. The highest BCUT2D eigenvalue weighted by molar-refractivity contribution is 7.98. The second kappa shape index (κ2) is 6.78. The van der Waals surface area contributed by atoms with Gasteiger partial charge in [-0.1, -0.05) is 6.42 Å². The third-order valence-corrected chi connectivity index (χ3v) is 6.77. The summed E-state index contributed by atoms with van der Waals surface area (Å²) in [5, 5.41) is 9.90. The molecule has 1 saturated carbocycles. The molecular formula is C20H26N2O2S. The molecule has 0 bridgehead atoms. The van der Waals surface area contributed by atoms with Crippen molar-refractivity contribution in [3.8, 4) is 11.5 Å². The molecule has 2 heterocycles. The molecule has 5 heteroatoms. The highest BCUT2D eigenvalue weighted by Crippen LogP contribution is 2.48. The maximum absolute atomic E-state index is 9.90. The Morgan fingerprint density at radius 1 is 1.36 bits per heavy atom. The van der Waals surface area contributed by atoms with Crippen LogP contribution < -0.4 is 0 Å². The molecule has 4 nitrogen and oxygen atoms in total. The highest BCUT2D eigenvalue weighted by Gasteiger charge is 2.48. The normalized spacial score (nSPS) is 26.3. The number of rotatable bonds is 5. The van der Waals surface area contributed by atoms with Crippen molar-refractivity contribution >= 4 is 11.8 Å². The Bertz CT molecular complexity index is 743. The van der Waals surface area contributed by atoms with E-state index >= 15 is 0 Å². The monoisotopic (exact) mass is 358 g/mol. The van der Waals surface area contributed by atoms with Crippen LogP contribution in [0, 0.1) is 18.3 Å². The van der Waals surface area contributed by atoms with Crippen LogP contribution in [0.2, 0.25) is 0 Å². The van der Waals surface area contributed by atoms with Gasteiger partial charge in [-0.3, -0.25) is 4.90 Å². The van der Waals surface area contributed by atoms with E-state index in [1.165, 1.54) is 17.7 Å². The van der Waals surface area contributed by atoms with Crippen molar-refractivity contribution < 1.29 is 9.52 Å². The number of thioether (sulfide) groups is 1. The first-order valence-corrected chi connectivity index (χ1v) is 10.3. The van der Waals surface area contributed by atoms with Gasteiger partial charge in [0.15, 0.2) is 0 Å². The third-order valence-electron chi connectivity index (χ3n) is 6.03. The maximum Gasteiger partial charge on any atom is 0.226 e. The van der Waals surface area contributed by atoms with Gasteiger partial charge in [0.05, 0.1) is 12.3 Å². The van der Waals surface area contributed by atoms with E-state index in [2.05, 4.69) is 35.4 Å². The molecule has 2 aliphatic rings. The standard InChI is InChI=1S/C20H26N2O2S/c1-14-18(11-22-10-16-4-3-9-20(16,12-22)13-23)21-19(24-14)15-5-7-17(25-2)8-6-15/h5-8,16,23H,3-4,9-13H2,1-2H3/t16-,20+/m0/s1. The van der Waals surface area contributed by atoms with E-state index in [4.69, 9.17) is 9.40 Å². The summed E-state index contributed by atoms with van der Waals surface area (Å²) in [5.74, 6) is 2.25. The van der Waals surface area contributed by atoms with Crippen molar-refractivity contribution in [3.05, 3.63) is 35.7 Å². The number of aromatic nitrogens is 1. The van der Waals surface area contributed by atoms with Crippen LogP contribution in [-0.2, 0) is 6.54 Å². The molecule has 2 atom stereocenters. The number of aliphatic hydroxyl groups is 1. The predicted molar refractivity (Wildman–Crippen MR) is 101 cm³/mol. The Balaban J connectivity index is 1.49. The van der Waals surface area contributed by atoms with Gasteiger partial charge in [0.1, 0.15) is 5.76 Å². The van der Waals surface area contributed by atoms with Gasteiger partial charge in [-0.05, 0) is 56.2 Å². The SMILES string of the molecule is CSc1ccc(-c2nc(CN3C[C@@H]4CCC[C@]4(CO)C3)c(C)o2)cc1. The van der Waals surface area contributed by atoms with E-state index in [9.17, 15) is 5.11 Å². The first kappa shape index (κ1) is 17.1. The lowest BCUT2D eigenvalue weighted by Gasteiger charge is -2.26. The molecule has 2 aromatic rings. The van der Waals surface area contributed by atoms with Crippen LogP contribution in [0.25, 0.3) is 11.5 Å². The third kappa shape index (κ3) is 3.14. The smallest absolute Gasteiger partial charge is 0.226 e. The van der Waals surface area contributed by atoms with E-state index in [-0.39, 0.29) is 5.41 Å². The number of fused-ring (bicyclic) bond motifs is 1. The van der Waals surface area contributed by atoms with E-state index in [1.807, 2.05) is 6.92 Å². The molecule has 1 aromatic heterocycles. The van der Waals surface area contributed by atoms with Crippen LogP contribution >= 0.6 is 11.8 Å². The summed E-state index contributed by atoms with van der Waals surface area (Å²) in [6.45, 7) is 5.19. The quantitative estimate of drug-likeness (QED) is 0.820. The Kier molecular flexibility index (Phi) is 4.65. The first-order valence-electron chi connectivity index (χ1n) is 9.07. The lowest BCUT2D eigenvalue weighted by Crippen LogP contribution is -2.30. The van der Waals surface area contributed by atoms with E-state index < -0.39 is 0 Å². The second-order valence-electron chi connectivity index (χ2n) is 7.53. The molecule has 1 aliphatic carbocycles. The Hall–Kier alpha value is -1.30.